The zero-order valence-corrected chi connectivity index (χ0v) is 12.6. The fourth-order valence-electron chi connectivity index (χ4n) is 2.18. The normalized spacial score (nSPS) is 14.4. The van der Waals surface area contributed by atoms with Crippen LogP contribution in [-0.2, 0) is 0 Å². The largest absolute Gasteiger partial charge is 0.310 e. The Labute approximate surface area is 117 Å². The van der Waals surface area contributed by atoms with E-state index in [2.05, 4.69) is 32.2 Å². The number of unbranched alkanes of at least 4 members (excludes halogenated alkanes) is 1. The van der Waals surface area contributed by atoms with Crippen molar-refractivity contribution in [2.24, 2.45) is 5.92 Å². The van der Waals surface area contributed by atoms with Crippen molar-refractivity contribution in [2.45, 2.75) is 52.5 Å². The molecule has 0 spiro atoms. The Morgan fingerprint density at radius 2 is 2.06 bits per heavy atom. The number of hydrogen-bond acceptors (Lipinski definition) is 1. The highest BCUT2D eigenvalue weighted by Crippen LogP contribution is 2.18. The van der Waals surface area contributed by atoms with Gasteiger partial charge >= 0.3 is 0 Å². The number of nitrogens with one attached hydrogen (secondary N) is 1. The van der Waals surface area contributed by atoms with Gasteiger partial charge in [0.25, 0.3) is 0 Å². The van der Waals surface area contributed by atoms with Crippen LogP contribution < -0.4 is 5.32 Å². The molecule has 0 bridgehead atoms. The van der Waals surface area contributed by atoms with Gasteiger partial charge in [-0.05, 0) is 43.5 Å². The molecule has 0 amide bonds. The lowest BCUT2D eigenvalue weighted by Crippen LogP contribution is -2.25. The van der Waals surface area contributed by atoms with E-state index in [1.807, 2.05) is 18.2 Å². The summed E-state index contributed by atoms with van der Waals surface area (Å²) in [7, 11) is 0. The second-order valence-corrected chi connectivity index (χ2v) is 5.54. The molecule has 18 heavy (non-hydrogen) atoms. The minimum absolute atomic E-state index is 0.374. The van der Waals surface area contributed by atoms with Gasteiger partial charge in [0, 0.05) is 11.1 Å². The summed E-state index contributed by atoms with van der Waals surface area (Å²) in [5, 5.41) is 4.45. The lowest BCUT2D eigenvalue weighted by Gasteiger charge is -2.20. The van der Waals surface area contributed by atoms with Crippen molar-refractivity contribution in [2.75, 3.05) is 6.54 Å². The third kappa shape index (κ3) is 5.41. The van der Waals surface area contributed by atoms with E-state index in [0.717, 1.165) is 17.5 Å². The van der Waals surface area contributed by atoms with E-state index in [1.54, 1.807) is 0 Å². The fourth-order valence-corrected chi connectivity index (χ4v) is 2.38. The molecule has 2 atom stereocenters. The lowest BCUT2D eigenvalue weighted by atomic mass is 9.98. The highest BCUT2D eigenvalue weighted by Gasteiger charge is 2.09. The molecular weight excluding hydrogens is 242 g/mol. The van der Waals surface area contributed by atoms with Gasteiger partial charge in [-0.3, -0.25) is 0 Å². The smallest absolute Gasteiger partial charge is 0.0409 e. The maximum Gasteiger partial charge on any atom is 0.0409 e. The van der Waals surface area contributed by atoms with Gasteiger partial charge in [0.2, 0.25) is 0 Å². The minimum atomic E-state index is 0.374. The average molecular weight is 268 g/mol. The Hall–Kier alpha value is -0.530. The number of halogens is 1. The van der Waals surface area contributed by atoms with E-state index >= 15 is 0 Å². The van der Waals surface area contributed by atoms with Gasteiger partial charge in [0.1, 0.15) is 0 Å². The maximum atomic E-state index is 6.02. The van der Waals surface area contributed by atoms with E-state index in [9.17, 15) is 0 Å². The molecule has 0 radical (unpaired) electrons. The summed E-state index contributed by atoms with van der Waals surface area (Å²) in [5.74, 6) is 0.798. The Balaban J connectivity index is 2.42. The van der Waals surface area contributed by atoms with Gasteiger partial charge in [0.15, 0.2) is 0 Å². The molecule has 1 N–H and O–H groups in total. The zero-order valence-electron chi connectivity index (χ0n) is 11.9. The number of hydrogen-bond donors (Lipinski definition) is 1. The van der Waals surface area contributed by atoms with Crippen LogP contribution in [0.2, 0.25) is 5.02 Å². The minimum Gasteiger partial charge on any atom is -0.310 e. The summed E-state index contributed by atoms with van der Waals surface area (Å²) < 4.78 is 0. The van der Waals surface area contributed by atoms with Gasteiger partial charge in [-0.2, -0.15) is 0 Å². The summed E-state index contributed by atoms with van der Waals surface area (Å²) >= 11 is 6.02. The van der Waals surface area contributed by atoms with Crippen molar-refractivity contribution in [3.8, 4) is 0 Å². The summed E-state index contributed by atoms with van der Waals surface area (Å²) in [4.78, 5) is 0. The molecule has 1 aromatic rings. The Bertz CT molecular complexity index is 338. The highest BCUT2D eigenvalue weighted by atomic mass is 35.5. The predicted octanol–water partition coefficient (Wildman–Crippen LogP) is 5.21. The highest BCUT2D eigenvalue weighted by molar-refractivity contribution is 6.30. The first-order valence-electron chi connectivity index (χ1n) is 7.16. The molecule has 0 aromatic heterocycles. The molecule has 2 unspecified atom stereocenters. The first kappa shape index (κ1) is 15.5. The summed E-state index contributed by atoms with van der Waals surface area (Å²) in [6, 6.07) is 8.50. The van der Waals surface area contributed by atoms with Crippen LogP contribution in [0, 0.1) is 5.92 Å². The molecule has 0 fully saturated rings. The van der Waals surface area contributed by atoms with Crippen molar-refractivity contribution >= 4 is 11.6 Å². The molecule has 102 valence electrons. The molecule has 0 heterocycles. The molecule has 0 aliphatic heterocycles. The topological polar surface area (TPSA) is 12.0 Å². The van der Waals surface area contributed by atoms with E-state index < -0.39 is 0 Å². The molecular formula is C16H26ClN. The van der Waals surface area contributed by atoms with Gasteiger partial charge in [-0.25, -0.2) is 0 Å². The van der Waals surface area contributed by atoms with E-state index in [4.69, 9.17) is 11.6 Å². The fraction of sp³-hybridized carbons (Fsp3) is 0.625. The second-order valence-electron chi connectivity index (χ2n) is 5.10. The second kappa shape index (κ2) is 8.55. The number of rotatable bonds is 8. The zero-order chi connectivity index (χ0) is 13.4. The van der Waals surface area contributed by atoms with Crippen molar-refractivity contribution in [3.63, 3.8) is 0 Å². The van der Waals surface area contributed by atoms with Crippen molar-refractivity contribution in [3.05, 3.63) is 34.9 Å². The van der Waals surface area contributed by atoms with Crippen LogP contribution in [0.15, 0.2) is 24.3 Å². The molecule has 1 nitrogen and oxygen atoms in total. The quantitative estimate of drug-likeness (QED) is 0.682. The predicted molar refractivity (Wildman–Crippen MR) is 81.2 cm³/mol. The van der Waals surface area contributed by atoms with Gasteiger partial charge < -0.3 is 5.32 Å². The third-order valence-electron chi connectivity index (χ3n) is 3.60. The lowest BCUT2D eigenvalue weighted by molar-refractivity contribution is 0.398. The summed E-state index contributed by atoms with van der Waals surface area (Å²) in [6.45, 7) is 7.85. The van der Waals surface area contributed by atoms with Crippen LogP contribution in [0.4, 0.5) is 0 Å². The van der Waals surface area contributed by atoms with E-state index in [-0.39, 0.29) is 0 Å². The molecule has 1 rings (SSSR count). The molecule has 0 saturated carbocycles. The summed E-state index contributed by atoms with van der Waals surface area (Å²) in [6.07, 6.45) is 5.23. The maximum absolute atomic E-state index is 6.02. The standard InChI is InChI=1S/C16H26ClN/c1-4-6-8-14(5-2)12-18-13(3)15-9-7-10-16(17)11-15/h7,9-11,13-14,18H,4-6,8,12H2,1-3H3. The third-order valence-corrected chi connectivity index (χ3v) is 3.84. The van der Waals surface area contributed by atoms with E-state index in [1.165, 1.54) is 31.2 Å². The van der Waals surface area contributed by atoms with Crippen LogP contribution in [0.3, 0.4) is 0 Å². The van der Waals surface area contributed by atoms with Gasteiger partial charge in [-0.1, -0.05) is 56.8 Å². The van der Waals surface area contributed by atoms with Crippen LogP contribution >= 0.6 is 11.6 Å². The van der Waals surface area contributed by atoms with Gasteiger partial charge in [0.05, 0.1) is 0 Å². The van der Waals surface area contributed by atoms with Crippen LogP contribution in [0.1, 0.15) is 58.1 Å². The van der Waals surface area contributed by atoms with Gasteiger partial charge in [-0.15, -0.1) is 0 Å². The molecule has 1 aromatic carbocycles. The SMILES string of the molecule is CCCCC(CC)CNC(C)c1cccc(Cl)c1. The molecule has 0 aliphatic rings. The number of benzene rings is 1. The van der Waals surface area contributed by atoms with Crippen LogP contribution in [0.25, 0.3) is 0 Å². The molecule has 2 heteroatoms. The first-order chi connectivity index (χ1) is 8.67. The van der Waals surface area contributed by atoms with Crippen molar-refractivity contribution in [1.82, 2.24) is 5.32 Å². The Morgan fingerprint density at radius 3 is 2.67 bits per heavy atom. The molecule has 0 aliphatic carbocycles. The Morgan fingerprint density at radius 1 is 1.28 bits per heavy atom. The van der Waals surface area contributed by atoms with Crippen LogP contribution in [-0.4, -0.2) is 6.54 Å². The summed E-state index contributed by atoms with van der Waals surface area (Å²) in [5.41, 5.74) is 1.27. The van der Waals surface area contributed by atoms with Crippen LogP contribution in [0.5, 0.6) is 0 Å². The van der Waals surface area contributed by atoms with Crippen molar-refractivity contribution < 1.29 is 0 Å². The Kier molecular flexibility index (Phi) is 7.38. The van der Waals surface area contributed by atoms with E-state index in [0.29, 0.717) is 6.04 Å². The average Bonchev–Trinajstić information content (AvgIpc) is 2.38. The van der Waals surface area contributed by atoms with Crippen molar-refractivity contribution in [1.29, 1.82) is 0 Å². The monoisotopic (exact) mass is 267 g/mol. The molecule has 0 saturated heterocycles. The first-order valence-corrected chi connectivity index (χ1v) is 7.54.